The van der Waals surface area contributed by atoms with E-state index in [0.29, 0.717) is 31.2 Å². The molecule has 0 aliphatic carbocycles. The Bertz CT molecular complexity index is 1200. The van der Waals surface area contributed by atoms with Crippen LogP contribution in [0.25, 0.3) is 0 Å². The predicted molar refractivity (Wildman–Crippen MR) is 164 cm³/mol. The van der Waals surface area contributed by atoms with Crippen molar-refractivity contribution in [3.05, 3.63) is 59.2 Å². The molecule has 0 saturated carbocycles. The number of benzene rings is 2. The first-order valence-electron chi connectivity index (χ1n) is 14.6. The number of aliphatic hydroxyl groups is 2. The van der Waals surface area contributed by atoms with Gasteiger partial charge in [0.1, 0.15) is 0 Å². The van der Waals surface area contributed by atoms with Crippen LogP contribution in [0.5, 0.6) is 0 Å². The van der Waals surface area contributed by atoms with E-state index in [1.807, 2.05) is 18.2 Å². The highest BCUT2D eigenvalue weighted by atomic mass is 32.2. The van der Waals surface area contributed by atoms with Gasteiger partial charge in [-0.15, -0.1) is 0 Å². The van der Waals surface area contributed by atoms with Crippen LogP contribution in [0.2, 0.25) is 0 Å². The van der Waals surface area contributed by atoms with E-state index in [0.717, 1.165) is 49.6 Å². The van der Waals surface area contributed by atoms with Gasteiger partial charge in [0.2, 0.25) is 5.91 Å². The fraction of sp³-hybridized carbons (Fsp3) is 0.581. The molecular formula is C31H45N5O3S. The summed E-state index contributed by atoms with van der Waals surface area (Å²) in [4.78, 5) is 19.6. The van der Waals surface area contributed by atoms with Crippen molar-refractivity contribution in [2.45, 2.75) is 57.5 Å². The summed E-state index contributed by atoms with van der Waals surface area (Å²) in [6, 6.07) is 15.7. The van der Waals surface area contributed by atoms with Gasteiger partial charge in [0.05, 0.1) is 11.8 Å². The summed E-state index contributed by atoms with van der Waals surface area (Å²) in [5.74, 6) is -0.842. The molecule has 5 rings (SSSR count). The molecule has 0 spiro atoms. The number of hydrogen-bond donors (Lipinski definition) is 4. The quantitative estimate of drug-likeness (QED) is 0.378. The molecule has 1 atom stereocenters. The number of carbonyl (C=O) groups is 1. The molecule has 2 aromatic rings. The van der Waals surface area contributed by atoms with Crippen LogP contribution in [0, 0.1) is 0 Å². The van der Waals surface area contributed by atoms with Crippen LogP contribution < -0.4 is 15.5 Å². The summed E-state index contributed by atoms with van der Waals surface area (Å²) in [5.41, 5.74) is 5.33. The SMILES string of the molecule is CC(C)N1CCN(c2cccc(C3CC(C)(C)c4cc(C(=O)NCCN5CCSCC5(O)O)ccc4N3)c2)CC1. The lowest BCUT2D eigenvalue weighted by atomic mass is 9.73. The number of anilines is 2. The first kappa shape index (κ1) is 29.2. The number of thioether (sulfide) groups is 1. The maximum absolute atomic E-state index is 13.0. The third-order valence-electron chi connectivity index (χ3n) is 8.71. The van der Waals surface area contributed by atoms with E-state index < -0.39 is 5.91 Å². The molecule has 9 heteroatoms. The highest BCUT2D eigenvalue weighted by Crippen LogP contribution is 2.44. The van der Waals surface area contributed by atoms with Gasteiger partial charge in [-0.2, -0.15) is 11.8 Å². The van der Waals surface area contributed by atoms with Crippen molar-refractivity contribution in [3.8, 4) is 0 Å². The van der Waals surface area contributed by atoms with E-state index in [4.69, 9.17) is 0 Å². The van der Waals surface area contributed by atoms with Gasteiger partial charge >= 0.3 is 0 Å². The Kier molecular flexibility index (Phi) is 8.69. The second-order valence-corrected chi connectivity index (χ2v) is 13.4. The van der Waals surface area contributed by atoms with Gasteiger partial charge in [-0.05, 0) is 67.1 Å². The van der Waals surface area contributed by atoms with Gasteiger partial charge < -0.3 is 25.7 Å². The lowest BCUT2D eigenvalue weighted by Crippen LogP contribution is -2.56. The van der Waals surface area contributed by atoms with Gasteiger partial charge in [-0.3, -0.25) is 9.69 Å². The highest BCUT2D eigenvalue weighted by molar-refractivity contribution is 7.99. The molecule has 0 bridgehead atoms. The minimum absolute atomic E-state index is 0.112. The van der Waals surface area contributed by atoms with Crippen LogP contribution in [0.1, 0.15) is 61.6 Å². The number of rotatable bonds is 7. The molecule has 0 radical (unpaired) electrons. The van der Waals surface area contributed by atoms with Crippen molar-refractivity contribution in [1.82, 2.24) is 15.1 Å². The molecule has 2 aromatic carbocycles. The van der Waals surface area contributed by atoms with Gasteiger partial charge in [0.15, 0.2) is 0 Å². The van der Waals surface area contributed by atoms with E-state index >= 15 is 0 Å². The number of hydrogen-bond acceptors (Lipinski definition) is 8. The monoisotopic (exact) mass is 567 g/mol. The molecule has 40 heavy (non-hydrogen) atoms. The van der Waals surface area contributed by atoms with Crippen LogP contribution in [-0.2, 0) is 5.41 Å². The van der Waals surface area contributed by atoms with Gasteiger partial charge in [-0.1, -0.05) is 26.0 Å². The van der Waals surface area contributed by atoms with Gasteiger partial charge in [0.25, 0.3) is 5.91 Å². The second kappa shape index (κ2) is 11.9. The summed E-state index contributed by atoms with van der Waals surface area (Å²) >= 11 is 1.52. The molecule has 3 heterocycles. The summed E-state index contributed by atoms with van der Waals surface area (Å²) in [6.07, 6.45) is 0.928. The molecule has 1 amide bonds. The molecule has 4 N–H and O–H groups in total. The van der Waals surface area contributed by atoms with Crippen LogP contribution in [0.4, 0.5) is 11.4 Å². The molecule has 3 aliphatic heterocycles. The van der Waals surface area contributed by atoms with Crippen LogP contribution in [0.15, 0.2) is 42.5 Å². The van der Waals surface area contributed by atoms with Gasteiger partial charge in [0, 0.05) is 74.5 Å². The van der Waals surface area contributed by atoms with E-state index in [1.54, 1.807) is 4.90 Å². The standard InChI is InChI=1S/C31H45N5O3S/c1-22(2)34-12-14-35(15-13-34)25-7-5-6-23(18-25)28-20-30(3,4)26-19-24(8-9-27(26)33-28)29(37)32-10-11-36-16-17-40-21-31(36,38)39/h5-9,18-19,22,28,33,38-39H,10-17,20-21H2,1-4H3,(H,32,37). The largest absolute Gasteiger partial charge is 0.378 e. The summed E-state index contributed by atoms with van der Waals surface area (Å²) in [6.45, 7) is 14.7. The highest BCUT2D eigenvalue weighted by Gasteiger charge is 2.36. The fourth-order valence-electron chi connectivity index (χ4n) is 6.22. The minimum Gasteiger partial charge on any atom is -0.378 e. The summed E-state index contributed by atoms with van der Waals surface area (Å²) in [7, 11) is 0. The van der Waals surface area contributed by atoms with Crippen molar-refractivity contribution >= 4 is 29.0 Å². The number of fused-ring (bicyclic) bond motifs is 1. The van der Waals surface area contributed by atoms with Gasteiger partial charge in [-0.25, -0.2) is 4.90 Å². The minimum atomic E-state index is -1.81. The normalized spacial score (nSPS) is 23.0. The second-order valence-electron chi connectivity index (χ2n) is 12.3. The van der Waals surface area contributed by atoms with Crippen molar-refractivity contribution < 1.29 is 15.0 Å². The van der Waals surface area contributed by atoms with E-state index in [-0.39, 0.29) is 23.1 Å². The molecule has 2 saturated heterocycles. The fourth-order valence-corrected chi connectivity index (χ4v) is 7.17. The first-order chi connectivity index (χ1) is 19.0. The lowest BCUT2D eigenvalue weighted by Gasteiger charge is -2.40. The number of nitrogens with one attached hydrogen (secondary N) is 2. The Balaban J connectivity index is 1.24. The Morgan fingerprint density at radius 3 is 2.60 bits per heavy atom. The number of piperazine rings is 1. The van der Waals surface area contributed by atoms with E-state index in [9.17, 15) is 15.0 Å². The maximum atomic E-state index is 13.0. The average Bonchev–Trinajstić information content (AvgIpc) is 2.93. The van der Waals surface area contributed by atoms with Crippen molar-refractivity contribution in [3.63, 3.8) is 0 Å². The average molecular weight is 568 g/mol. The Morgan fingerprint density at radius 2 is 1.88 bits per heavy atom. The Morgan fingerprint density at radius 1 is 1.10 bits per heavy atom. The van der Waals surface area contributed by atoms with Crippen LogP contribution in [0.3, 0.4) is 0 Å². The van der Waals surface area contributed by atoms with E-state index in [2.05, 4.69) is 72.4 Å². The molecule has 3 aliphatic rings. The molecule has 0 aromatic heterocycles. The Labute approximate surface area is 243 Å². The zero-order valence-corrected chi connectivity index (χ0v) is 25.1. The number of nitrogens with zero attached hydrogens (tertiary/aromatic N) is 3. The maximum Gasteiger partial charge on any atom is 0.251 e. The summed E-state index contributed by atoms with van der Waals surface area (Å²) in [5, 5.41) is 27.0. The third kappa shape index (κ3) is 6.44. The molecule has 218 valence electrons. The topological polar surface area (TPSA) is 91.3 Å². The number of amides is 1. The van der Waals surface area contributed by atoms with Crippen molar-refractivity contribution in [2.24, 2.45) is 0 Å². The van der Waals surface area contributed by atoms with Crippen molar-refractivity contribution in [1.29, 1.82) is 0 Å². The van der Waals surface area contributed by atoms with Crippen molar-refractivity contribution in [2.75, 3.05) is 67.5 Å². The molecule has 1 unspecified atom stereocenters. The summed E-state index contributed by atoms with van der Waals surface area (Å²) < 4.78 is 0. The number of carbonyl (C=O) groups excluding carboxylic acids is 1. The zero-order chi connectivity index (χ0) is 28.5. The zero-order valence-electron chi connectivity index (χ0n) is 24.3. The smallest absolute Gasteiger partial charge is 0.251 e. The van der Waals surface area contributed by atoms with Crippen LogP contribution >= 0.6 is 11.8 Å². The third-order valence-corrected chi connectivity index (χ3v) is 9.77. The predicted octanol–water partition coefficient (Wildman–Crippen LogP) is 3.47. The molecule has 2 fully saturated rings. The van der Waals surface area contributed by atoms with E-state index in [1.165, 1.54) is 23.0 Å². The lowest BCUT2D eigenvalue weighted by molar-refractivity contribution is -0.246. The van der Waals surface area contributed by atoms with Crippen LogP contribution in [-0.4, -0.2) is 95.2 Å². The molecule has 8 nitrogen and oxygen atoms in total. The first-order valence-corrected chi connectivity index (χ1v) is 15.7. The Hall–Kier alpha value is -2.30. The molecular weight excluding hydrogens is 522 g/mol.